The zero-order valence-electron chi connectivity index (χ0n) is 8.05. The molecule has 7 heteroatoms. The lowest BCUT2D eigenvalue weighted by atomic mass is 10.2. The Labute approximate surface area is 102 Å². The first-order valence-corrected chi connectivity index (χ1v) is 4.48. The predicted molar refractivity (Wildman–Crippen MR) is 58.1 cm³/mol. The minimum atomic E-state index is -4.37. The van der Waals surface area contributed by atoms with Gasteiger partial charge in [0.25, 0.3) is 0 Å². The van der Waals surface area contributed by atoms with E-state index in [4.69, 9.17) is 17.3 Å². The molecule has 92 valence electrons. The molecule has 2 N–H and O–H groups in total. The van der Waals surface area contributed by atoms with Crippen molar-refractivity contribution in [3.05, 3.63) is 28.8 Å². The van der Waals surface area contributed by atoms with Crippen molar-refractivity contribution in [1.29, 1.82) is 0 Å². The molecule has 2 nitrogen and oxygen atoms in total. The van der Waals surface area contributed by atoms with Crippen molar-refractivity contribution in [3.63, 3.8) is 0 Å². The van der Waals surface area contributed by atoms with Gasteiger partial charge >= 0.3 is 6.18 Å². The Kier molecular flexibility index (Phi) is 5.92. The Morgan fingerprint density at radius 2 is 1.94 bits per heavy atom. The third-order valence-electron chi connectivity index (χ3n) is 1.64. The molecule has 0 spiro atoms. The fraction of sp³-hybridized carbons (Fsp3) is 0.333. The Morgan fingerprint density at radius 1 is 1.31 bits per heavy atom. The van der Waals surface area contributed by atoms with E-state index >= 15 is 0 Å². The minimum Gasteiger partial charge on any atom is -0.484 e. The summed E-state index contributed by atoms with van der Waals surface area (Å²) in [4.78, 5) is 0. The van der Waals surface area contributed by atoms with Crippen LogP contribution in [0.2, 0.25) is 5.02 Å². The molecule has 0 radical (unpaired) electrons. The zero-order valence-corrected chi connectivity index (χ0v) is 9.62. The van der Waals surface area contributed by atoms with Crippen LogP contribution in [0.5, 0.6) is 5.75 Å². The first kappa shape index (κ1) is 15.3. The summed E-state index contributed by atoms with van der Waals surface area (Å²) in [5.74, 6) is 0.0716. The molecule has 0 aliphatic carbocycles. The zero-order chi connectivity index (χ0) is 11.5. The highest BCUT2D eigenvalue weighted by Crippen LogP contribution is 2.25. The van der Waals surface area contributed by atoms with Crippen molar-refractivity contribution in [2.45, 2.75) is 12.7 Å². The Morgan fingerprint density at radius 3 is 2.44 bits per heavy atom. The Balaban J connectivity index is 0.00000225. The minimum absolute atomic E-state index is 0. The second kappa shape index (κ2) is 6.18. The monoisotopic (exact) mass is 275 g/mol. The van der Waals surface area contributed by atoms with Gasteiger partial charge in [-0.1, -0.05) is 17.7 Å². The van der Waals surface area contributed by atoms with Crippen LogP contribution in [0.15, 0.2) is 18.2 Å². The van der Waals surface area contributed by atoms with E-state index in [-0.39, 0.29) is 24.7 Å². The molecule has 0 atom stereocenters. The topological polar surface area (TPSA) is 35.2 Å². The van der Waals surface area contributed by atoms with Crippen LogP contribution in [0.1, 0.15) is 5.56 Å². The number of benzene rings is 1. The summed E-state index contributed by atoms with van der Waals surface area (Å²) in [6.07, 6.45) is -4.37. The van der Waals surface area contributed by atoms with E-state index in [1.807, 2.05) is 0 Å². The van der Waals surface area contributed by atoms with Crippen LogP contribution in [-0.4, -0.2) is 12.8 Å². The van der Waals surface area contributed by atoms with Gasteiger partial charge in [0, 0.05) is 17.1 Å². The molecule has 1 aromatic rings. The molecular formula is C9H10Cl2F3NO. The highest BCUT2D eigenvalue weighted by atomic mass is 35.5. The predicted octanol–water partition coefficient (Wildman–Crippen LogP) is 3.16. The molecule has 16 heavy (non-hydrogen) atoms. The molecule has 0 saturated carbocycles. The van der Waals surface area contributed by atoms with Gasteiger partial charge in [-0.15, -0.1) is 12.4 Å². The van der Waals surface area contributed by atoms with Crippen molar-refractivity contribution in [1.82, 2.24) is 0 Å². The molecule has 0 aliphatic heterocycles. The van der Waals surface area contributed by atoms with E-state index in [1.54, 1.807) is 6.07 Å². The maximum Gasteiger partial charge on any atom is 0.422 e. The highest BCUT2D eigenvalue weighted by Gasteiger charge is 2.28. The van der Waals surface area contributed by atoms with E-state index in [0.717, 1.165) is 0 Å². The van der Waals surface area contributed by atoms with Crippen LogP contribution in [0, 0.1) is 0 Å². The largest absolute Gasteiger partial charge is 0.484 e. The summed E-state index contributed by atoms with van der Waals surface area (Å²) in [5, 5.41) is 0.310. The molecule has 0 fully saturated rings. The lowest BCUT2D eigenvalue weighted by Gasteiger charge is -2.12. The van der Waals surface area contributed by atoms with Gasteiger partial charge in [0.2, 0.25) is 0 Å². The second-order valence-electron chi connectivity index (χ2n) is 2.86. The van der Waals surface area contributed by atoms with Gasteiger partial charge in [0.1, 0.15) is 5.75 Å². The third-order valence-corrected chi connectivity index (χ3v) is 1.88. The van der Waals surface area contributed by atoms with Crippen LogP contribution in [0.4, 0.5) is 13.2 Å². The third kappa shape index (κ3) is 4.92. The number of hydrogen-bond acceptors (Lipinski definition) is 2. The maximum atomic E-state index is 11.9. The number of halogens is 5. The van der Waals surface area contributed by atoms with E-state index in [2.05, 4.69) is 4.74 Å². The quantitative estimate of drug-likeness (QED) is 0.920. The summed E-state index contributed by atoms with van der Waals surface area (Å²) in [7, 11) is 0. The first-order valence-electron chi connectivity index (χ1n) is 4.10. The fourth-order valence-corrected chi connectivity index (χ4v) is 1.15. The summed E-state index contributed by atoms with van der Waals surface area (Å²) in [5.41, 5.74) is 5.83. The van der Waals surface area contributed by atoms with Crippen molar-refractivity contribution in [2.24, 2.45) is 5.73 Å². The van der Waals surface area contributed by atoms with Gasteiger partial charge in [-0.05, 0) is 12.1 Å². The van der Waals surface area contributed by atoms with Gasteiger partial charge in [0.15, 0.2) is 6.61 Å². The molecule has 0 saturated heterocycles. The SMILES string of the molecule is Cl.NCc1ccc(Cl)cc1OCC(F)(F)F. The van der Waals surface area contributed by atoms with Gasteiger partial charge in [-0.2, -0.15) is 13.2 Å². The van der Waals surface area contributed by atoms with Crippen molar-refractivity contribution in [2.75, 3.05) is 6.61 Å². The van der Waals surface area contributed by atoms with Crippen LogP contribution < -0.4 is 10.5 Å². The van der Waals surface area contributed by atoms with Crippen molar-refractivity contribution in [3.8, 4) is 5.75 Å². The molecule has 0 heterocycles. The van der Waals surface area contributed by atoms with Gasteiger partial charge in [0.05, 0.1) is 0 Å². The molecule has 0 amide bonds. The Bertz CT molecular complexity index is 344. The number of nitrogens with two attached hydrogens (primary N) is 1. The second-order valence-corrected chi connectivity index (χ2v) is 3.30. The van der Waals surface area contributed by atoms with E-state index in [9.17, 15) is 13.2 Å². The summed E-state index contributed by atoms with van der Waals surface area (Å²) >= 11 is 5.62. The van der Waals surface area contributed by atoms with Crippen LogP contribution in [0.3, 0.4) is 0 Å². The molecule has 0 unspecified atom stereocenters. The van der Waals surface area contributed by atoms with Gasteiger partial charge in [-0.3, -0.25) is 0 Å². The van der Waals surface area contributed by atoms with Crippen molar-refractivity contribution >= 4 is 24.0 Å². The van der Waals surface area contributed by atoms with Crippen LogP contribution in [0.25, 0.3) is 0 Å². The Hall–Kier alpha value is -0.650. The number of hydrogen-bond donors (Lipinski definition) is 1. The lowest BCUT2D eigenvalue weighted by molar-refractivity contribution is -0.153. The first-order chi connectivity index (χ1) is 6.92. The van der Waals surface area contributed by atoms with E-state index in [0.29, 0.717) is 10.6 Å². The van der Waals surface area contributed by atoms with Crippen LogP contribution >= 0.6 is 24.0 Å². The summed E-state index contributed by atoms with van der Waals surface area (Å²) < 4.78 is 40.2. The van der Waals surface area contributed by atoms with Gasteiger partial charge in [-0.25, -0.2) is 0 Å². The molecule has 1 rings (SSSR count). The van der Waals surface area contributed by atoms with E-state index in [1.165, 1.54) is 12.1 Å². The van der Waals surface area contributed by atoms with Crippen molar-refractivity contribution < 1.29 is 17.9 Å². The molecule has 1 aromatic carbocycles. The van der Waals surface area contributed by atoms with E-state index < -0.39 is 12.8 Å². The normalized spacial score (nSPS) is 10.8. The summed E-state index contributed by atoms with van der Waals surface area (Å²) in [6.45, 7) is -1.25. The highest BCUT2D eigenvalue weighted by molar-refractivity contribution is 6.30. The maximum absolute atomic E-state index is 11.9. The number of ether oxygens (including phenoxy) is 1. The van der Waals surface area contributed by atoms with Crippen LogP contribution in [-0.2, 0) is 6.54 Å². The average molecular weight is 276 g/mol. The molecule has 0 aromatic heterocycles. The molecule has 0 bridgehead atoms. The molecule has 0 aliphatic rings. The number of alkyl halides is 3. The lowest BCUT2D eigenvalue weighted by Crippen LogP contribution is -2.20. The summed E-state index contributed by atoms with van der Waals surface area (Å²) in [6, 6.07) is 4.40. The smallest absolute Gasteiger partial charge is 0.422 e. The standard InChI is InChI=1S/C9H9ClF3NO.ClH/c10-7-2-1-6(4-14)8(3-7)15-5-9(11,12)13;/h1-3H,4-5,14H2;1H. The fourth-order valence-electron chi connectivity index (χ4n) is 0.991. The average Bonchev–Trinajstić information content (AvgIpc) is 2.14. The number of rotatable bonds is 3. The van der Waals surface area contributed by atoms with Gasteiger partial charge < -0.3 is 10.5 Å². The molecular weight excluding hydrogens is 266 g/mol.